The monoisotopic (exact) mass is 386 g/mol. The number of halogens is 5. The summed E-state index contributed by atoms with van der Waals surface area (Å²) in [7, 11) is 0. The Morgan fingerprint density at radius 3 is 2.07 bits per heavy atom. The minimum Gasteiger partial charge on any atom is -0.432 e. The van der Waals surface area contributed by atoms with Crippen LogP contribution < -0.4 is 4.74 Å². The van der Waals surface area contributed by atoms with Crippen LogP contribution in [0.5, 0.6) is 5.75 Å². The summed E-state index contributed by atoms with van der Waals surface area (Å²) in [5.74, 6) is -5.38. The Labute approximate surface area is 155 Å². The van der Waals surface area contributed by atoms with E-state index in [4.69, 9.17) is 0 Å². The molecule has 2 aliphatic rings. The van der Waals surface area contributed by atoms with Gasteiger partial charge in [-0.1, -0.05) is 18.2 Å². The van der Waals surface area contributed by atoms with E-state index in [1.807, 2.05) is 6.08 Å². The molecule has 1 aromatic rings. The highest BCUT2D eigenvalue weighted by molar-refractivity contribution is 5.25. The van der Waals surface area contributed by atoms with Crippen LogP contribution in [0.4, 0.5) is 22.0 Å². The number of benzene rings is 1. The van der Waals surface area contributed by atoms with Crippen LogP contribution >= 0.6 is 0 Å². The van der Waals surface area contributed by atoms with Crippen LogP contribution in [0.15, 0.2) is 36.9 Å². The largest absolute Gasteiger partial charge is 0.432 e. The Morgan fingerprint density at radius 2 is 1.56 bits per heavy atom. The van der Waals surface area contributed by atoms with Gasteiger partial charge in [-0.2, -0.15) is 8.78 Å². The Morgan fingerprint density at radius 1 is 0.926 bits per heavy atom. The van der Waals surface area contributed by atoms with Gasteiger partial charge in [-0.25, -0.2) is 13.2 Å². The second kappa shape index (κ2) is 8.03. The lowest BCUT2D eigenvalue weighted by molar-refractivity contribution is -0.224. The van der Waals surface area contributed by atoms with Crippen molar-refractivity contribution in [1.82, 2.24) is 0 Å². The fraction of sp³-hybridized carbons (Fsp3) is 0.524. The summed E-state index contributed by atoms with van der Waals surface area (Å²) in [6, 6.07) is 0.890. The maximum Gasteiger partial charge on any atom is 0.400 e. The molecule has 27 heavy (non-hydrogen) atoms. The summed E-state index contributed by atoms with van der Waals surface area (Å²) >= 11 is 0. The van der Waals surface area contributed by atoms with Crippen molar-refractivity contribution in [2.45, 2.75) is 44.6 Å². The topological polar surface area (TPSA) is 9.23 Å². The summed E-state index contributed by atoms with van der Waals surface area (Å²) < 4.78 is 72.8. The Hall–Kier alpha value is -1.85. The quantitative estimate of drug-likeness (QED) is 0.313. The zero-order valence-electron chi connectivity index (χ0n) is 14.9. The van der Waals surface area contributed by atoms with E-state index in [-0.39, 0.29) is 12.8 Å². The molecule has 2 unspecified atom stereocenters. The molecule has 2 aliphatic carbocycles. The van der Waals surface area contributed by atoms with Crippen LogP contribution in [0.1, 0.15) is 38.5 Å². The molecule has 0 radical (unpaired) electrons. The highest BCUT2D eigenvalue weighted by Crippen LogP contribution is 2.44. The molecular formula is C21H23F5O. The van der Waals surface area contributed by atoms with Crippen LogP contribution in [0.2, 0.25) is 0 Å². The van der Waals surface area contributed by atoms with E-state index >= 15 is 0 Å². The van der Waals surface area contributed by atoms with Gasteiger partial charge in [0, 0.05) is 12.1 Å². The molecule has 0 bridgehead atoms. The molecule has 2 atom stereocenters. The van der Waals surface area contributed by atoms with Crippen molar-refractivity contribution in [2.75, 3.05) is 0 Å². The van der Waals surface area contributed by atoms with Gasteiger partial charge in [0.15, 0.2) is 17.5 Å². The van der Waals surface area contributed by atoms with Crippen molar-refractivity contribution in [1.29, 1.82) is 0 Å². The third kappa shape index (κ3) is 4.53. The molecule has 0 spiro atoms. The van der Waals surface area contributed by atoms with E-state index in [0.717, 1.165) is 12.8 Å². The van der Waals surface area contributed by atoms with E-state index < -0.39 is 35.2 Å². The maximum absolute atomic E-state index is 14.4. The molecule has 0 heterocycles. The second-order valence-corrected chi connectivity index (χ2v) is 7.50. The lowest BCUT2D eigenvalue weighted by atomic mass is 9.71. The lowest BCUT2D eigenvalue weighted by Gasteiger charge is -2.37. The maximum atomic E-state index is 14.4. The Bertz CT molecular complexity index is 684. The number of allylic oxidation sites excluding steroid dienone is 3. The van der Waals surface area contributed by atoms with Gasteiger partial charge in [0.25, 0.3) is 0 Å². The minimum absolute atomic E-state index is 0.277. The fourth-order valence-corrected chi connectivity index (χ4v) is 4.17. The first-order valence-electron chi connectivity index (χ1n) is 9.32. The molecular weight excluding hydrogens is 363 g/mol. The Kier molecular flexibility index (Phi) is 5.92. The van der Waals surface area contributed by atoms with Crippen LogP contribution in [0.25, 0.3) is 0 Å². The SMILES string of the molecule is C=CC1C=CC(C2CCC(C(F)(F)Oc3cc(F)c(F)c(F)c3)CC2)CC1. The van der Waals surface area contributed by atoms with Crippen LogP contribution in [-0.2, 0) is 0 Å². The number of ether oxygens (including phenoxy) is 1. The standard InChI is InChI=1S/C21H23F5O/c1-2-13-3-5-14(6-4-13)15-7-9-16(10-8-15)21(25,26)27-17-11-18(22)20(24)19(23)12-17/h2-3,5,11-16H,1,4,6-10H2. The molecule has 0 aliphatic heterocycles. The molecule has 1 fully saturated rings. The predicted molar refractivity (Wildman–Crippen MR) is 92.9 cm³/mol. The summed E-state index contributed by atoms with van der Waals surface area (Å²) in [6.07, 6.45) is 6.61. The van der Waals surface area contributed by atoms with Gasteiger partial charge < -0.3 is 4.74 Å². The van der Waals surface area contributed by atoms with Gasteiger partial charge in [-0.05, 0) is 56.3 Å². The van der Waals surface area contributed by atoms with Crippen molar-refractivity contribution in [3.05, 3.63) is 54.4 Å². The molecule has 1 saturated carbocycles. The molecule has 3 rings (SSSR count). The predicted octanol–water partition coefficient (Wildman–Crippen LogP) is 6.65. The van der Waals surface area contributed by atoms with E-state index in [2.05, 4.69) is 23.5 Å². The first-order valence-corrected chi connectivity index (χ1v) is 9.32. The molecule has 1 aromatic carbocycles. The van der Waals surface area contributed by atoms with Gasteiger partial charge in [-0.3, -0.25) is 0 Å². The first-order chi connectivity index (χ1) is 12.8. The second-order valence-electron chi connectivity index (χ2n) is 7.50. The molecule has 0 amide bonds. The third-order valence-corrected chi connectivity index (χ3v) is 5.81. The smallest absolute Gasteiger partial charge is 0.400 e. The van der Waals surface area contributed by atoms with Gasteiger partial charge in [0.05, 0.1) is 5.92 Å². The highest BCUT2D eigenvalue weighted by Gasteiger charge is 2.45. The average Bonchev–Trinajstić information content (AvgIpc) is 2.66. The summed E-state index contributed by atoms with van der Waals surface area (Å²) in [5.41, 5.74) is 0. The van der Waals surface area contributed by atoms with Gasteiger partial charge in [-0.15, -0.1) is 6.58 Å². The summed E-state index contributed by atoms with van der Waals surface area (Å²) in [4.78, 5) is 0. The fourth-order valence-electron chi connectivity index (χ4n) is 4.17. The normalized spacial score (nSPS) is 28.8. The van der Waals surface area contributed by atoms with Crippen molar-refractivity contribution < 1.29 is 26.7 Å². The number of rotatable bonds is 5. The van der Waals surface area contributed by atoms with E-state index in [0.29, 0.717) is 42.7 Å². The number of hydrogen-bond donors (Lipinski definition) is 0. The molecule has 0 N–H and O–H groups in total. The summed E-state index contributed by atoms with van der Waals surface area (Å²) in [6.45, 7) is 3.79. The summed E-state index contributed by atoms with van der Waals surface area (Å²) in [5, 5.41) is 0. The van der Waals surface area contributed by atoms with E-state index in [1.54, 1.807) is 0 Å². The van der Waals surface area contributed by atoms with Gasteiger partial charge >= 0.3 is 6.11 Å². The number of alkyl halides is 2. The van der Waals surface area contributed by atoms with Gasteiger partial charge in [0.1, 0.15) is 5.75 Å². The number of hydrogen-bond acceptors (Lipinski definition) is 1. The zero-order valence-corrected chi connectivity index (χ0v) is 14.9. The van der Waals surface area contributed by atoms with E-state index in [9.17, 15) is 22.0 Å². The molecule has 148 valence electrons. The van der Waals surface area contributed by atoms with Crippen LogP contribution in [-0.4, -0.2) is 6.11 Å². The van der Waals surface area contributed by atoms with Gasteiger partial charge in [0.2, 0.25) is 0 Å². The van der Waals surface area contributed by atoms with Crippen LogP contribution in [0, 0.1) is 41.1 Å². The molecule has 6 heteroatoms. The Balaban J connectivity index is 1.59. The zero-order chi connectivity index (χ0) is 19.6. The van der Waals surface area contributed by atoms with Crippen molar-refractivity contribution >= 4 is 0 Å². The van der Waals surface area contributed by atoms with Crippen molar-refractivity contribution in [3.8, 4) is 5.75 Å². The lowest BCUT2D eigenvalue weighted by Crippen LogP contribution is -2.38. The molecule has 0 aromatic heterocycles. The molecule has 0 saturated heterocycles. The van der Waals surface area contributed by atoms with Crippen molar-refractivity contribution in [2.24, 2.45) is 23.7 Å². The van der Waals surface area contributed by atoms with Crippen LogP contribution in [0.3, 0.4) is 0 Å². The third-order valence-electron chi connectivity index (χ3n) is 5.81. The average molecular weight is 386 g/mol. The van der Waals surface area contributed by atoms with Crippen molar-refractivity contribution in [3.63, 3.8) is 0 Å². The first kappa shape index (κ1) is 19.9. The highest BCUT2D eigenvalue weighted by atomic mass is 19.3. The van der Waals surface area contributed by atoms with E-state index in [1.165, 1.54) is 0 Å². The molecule has 1 nitrogen and oxygen atoms in total. The minimum atomic E-state index is -3.56.